The predicted octanol–water partition coefficient (Wildman–Crippen LogP) is 3.46. The van der Waals surface area contributed by atoms with Crippen molar-refractivity contribution in [1.82, 2.24) is 9.88 Å². The molecule has 0 N–H and O–H groups in total. The Hall–Kier alpha value is -2.88. The Kier molecular flexibility index (Phi) is 3.42. The number of amides is 1. The largest absolute Gasteiger partial charge is 0.459 e. The van der Waals surface area contributed by atoms with E-state index >= 15 is 0 Å². The molecule has 4 heteroatoms. The Morgan fingerprint density at radius 2 is 1.91 bits per heavy atom. The molecule has 1 amide bonds. The van der Waals surface area contributed by atoms with Gasteiger partial charge in [-0.2, -0.15) is 0 Å². The van der Waals surface area contributed by atoms with E-state index in [1.54, 1.807) is 24.5 Å². The van der Waals surface area contributed by atoms with Crippen molar-refractivity contribution in [3.05, 3.63) is 89.6 Å². The summed E-state index contributed by atoms with van der Waals surface area (Å²) >= 11 is 0. The highest BCUT2D eigenvalue weighted by Gasteiger charge is 2.33. The van der Waals surface area contributed by atoms with Crippen LogP contribution in [0, 0.1) is 0 Å². The summed E-state index contributed by atoms with van der Waals surface area (Å²) in [5, 5.41) is 0. The third-order valence-corrected chi connectivity index (χ3v) is 4.30. The number of fused-ring (bicyclic) bond motifs is 1. The molecular weight excluding hydrogens is 288 g/mol. The highest BCUT2D eigenvalue weighted by molar-refractivity contribution is 5.92. The van der Waals surface area contributed by atoms with E-state index in [2.05, 4.69) is 17.1 Å². The average molecular weight is 304 g/mol. The maximum absolute atomic E-state index is 12.9. The van der Waals surface area contributed by atoms with Crippen molar-refractivity contribution in [2.45, 2.75) is 12.5 Å². The fourth-order valence-corrected chi connectivity index (χ4v) is 3.23. The standard InChI is InChI=1S/C19H16N2O2/c22-19(17-6-3-13-23-17)21-12-9-14-4-1-2-5-16(14)18(21)15-7-10-20-11-8-15/h1-8,10-11,13,18H,9,12H2. The Morgan fingerprint density at radius 3 is 2.70 bits per heavy atom. The zero-order chi connectivity index (χ0) is 15.6. The zero-order valence-electron chi connectivity index (χ0n) is 12.6. The molecule has 1 unspecified atom stereocenters. The van der Waals surface area contributed by atoms with E-state index in [0.717, 1.165) is 12.0 Å². The number of benzene rings is 1. The van der Waals surface area contributed by atoms with E-state index in [-0.39, 0.29) is 11.9 Å². The van der Waals surface area contributed by atoms with Crippen molar-refractivity contribution in [3.8, 4) is 0 Å². The van der Waals surface area contributed by atoms with Gasteiger partial charge in [0.05, 0.1) is 12.3 Å². The minimum Gasteiger partial charge on any atom is -0.459 e. The number of pyridine rings is 1. The van der Waals surface area contributed by atoms with Gasteiger partial charge in [0.1, 0.15) is 0 Å². The summed E-state index contributed by atoms with van der Waals surface area (Å²) in [6.45, 7) is 0.670. The van der Waals surface area contributed by atoms with Gasteiger partial charge in [0.2, 0.25) is 0 Å². The van der Waals surface area contributed by atoms with Gasteiger partial charge in [0.15, 0.2) is 5.76 Å². The van der Waals surface area contributed by atoms with Crippen LogP contribution < -0.4 is 0 Å². The predicted molar refractivity (Wildman–Crippen MR) is 86.0 cm³/mol. The second kappa shape index (κ2) is 5.72. The summed E-state index contributed by atoms with van der Waals surface area (Å²) in [7, 11) is 0. The van der Waals surface area contributed by atoms with Crippen LogP contribution >= 0.6 is 0 Å². The van der Waals surface area contributed by atoms with Gasteiger partial charge in [-0.15, -0.1) is 0 Å². The number of furan rings is 1. The quantitative estimate of drug-likeness (QED) is 0.728. The Morgan fingerprint density at radius 1 is 1.09 bits per heavy atom. The molecule has 0 saturated heterocycles. The van der Waals surface area contributed by atoms with Crippen LogP contribution in [0.4, 0.5) is 0 Å². The lowest BCUT2D eigenvalue weighted by molar-refractivity contribution is 0.0662. The SMILES string of the molecule is O=C(c1ccco1)N1CCc2ccccc2C1c1ccncc1. The van der Waals surface area contributed by atoms with Crippen LogP contribution in [0.25, 0.3) is 0 Å². The molecule has 1 aliphatic heterocycles. The zero-order valence-corrected chi connectivity index (χ0v) is 12.6. The lowest BCUT2D eigenvalue weighted by Crippen LogP contribution is -2.40. The molecular formula is C19H16N2O2. The molecule has 4 rings (SSSR count). The van der Waals surface area contributed by atoms with Gasteiger partial charge in [-0.1, -0.05) is 24.3 Å². The first-order valence-corrected chi connectivity index (χ1v) is 7.67. The second-order valence-electron chi connectivity index (χ2n) is 5.61. The maximum atomic E-state index is 12.9. The molecule has 1 aromatic carbocycles. The van der Waals surface area contributed by atoms with Gasteiger partial charge in [-0.05, 0) is 47.4 Å². The number of carbonyl (C=O) groups is 1. The van der Waals surface area contributed by atoms with E-state index in [4.69, 9.17) is 4.42 Å². The van der Waals surface area contributed by atoms with E-state index in [1.807, 2.05) is 29.2 Å². The summed E-state index contributed by atoms with van der Waals surface area (Å²) in [6, 6.07) is 15.6. The molecule has 1 atom stereocenters. The minimum absolute atomic E-state index is 0.0775. The first-order valence-electron chi connectivity index (χ1n) is 7.67. The van der Waals surface area contributed by atoms with Gasteiger partial charge in [-0.25, -0.2) is 0 Å². The second-order valence-corrected chi connectivity index (χ2v) is 5.61. The number of rotatable bonds is 2. The van der Waals surface area contributed by atoms with Crippen LogP contribution in [0.2, 0.25) is 0 Å². The number of nitrogens with zero attached hydrogens (tertiary/aromatic N) is 2. The van der Waals surface area contributed by atoms with Crippen molar-refractivity contribution in [3.63, 3.8) is 0 Å². The molecule has 3 aromatic rings. The summed E-state index contributed by atoms with van der Waals surface area (Å²) in [5.74, 6) is 0.301. The highest BCUT2D eigenvalue weighted by atomic mass is 16.3. The van der Waals surface area contributed by atoms with Crippen molar-refractivity contribution in [2.75, 3.05) is 6.54 Å². The molecule has 0 saturated carbocycles. The molecule has 0 radical (unpaired) electrons. The average Bonchev–Trinajstić information content (AvgIpc) is 3.15. The molecule has 114 valence electrons. The summed E-state index contributed by atoms with van der Waals surface area (Å²) in [4.78, 5) is 18.9. The van der Waals surface area contributed by atoms with Crippen LogP contribution in [-0.4, -0.2) is 22.3 Å². The van der Waals surface area contributed by atoms with E-state index in [1.165, 1.54) is 17.4 Å². The van der Waals surface area contributed by atoms with Gasteiger partial charge in [0, 0.05) is 18.9 Å². The lowest BCUT2D eigenvalue weighted by Gasteiger charge is -2.37. The molecule has 0 aliphatic carbocycles. The summed E-state index contributed by atoms with van der Waals surface area (Å²) in [5.41, 5.74) is 3.52. The van der Waals surface area contributed by atoms with Crippen molar-refractivity contribution < 1.29 is 9.21 Å². The van der Waals surface area contributed by atoms with Crippen LogP contribution in [0.15, 0.2) is 71.6 Å². The number of aromatic nitrogens is 1. The van der Waals surface area contributed by atoms with Gasteiger partial charge < -0.3 is 9.32 Å². The maximum Gasteiger partial charge on any atom is 0.290 e. The Labute approximate surface area is 134 Å². The molecule has 2 aromatic heterocycles. The van der Waals surface area contributed by atoms with Gasteiger partial charge in [0.25, 0.3) is 5.91 Å². The molecule has 23 heavy (non-hydrogen) atoms. The smallest absolute Gasteiger partial charge is 0.290 e. The van der Waals surface area contributed by atoms with Crippen LogP contribution in [0.3, 0.4) is 0 Å². The monoisotopic (exact) mass is 304 g/mol. The Bertz CT molecular complexity index is 812. The van der Waals surface area contributed by atoms with Crippen molar-refractivity contribution in [2.24, 2.45) is 0 Å². The number of hydrogen-bond donors (Lipinski definition) is 0. The van der Waals surface area contributed by atoms with Gasteiger partial charge in [-0.3, -0.25) is 9.78 Å². The molecule has 0 bridgehead atoms. The molecule has 1 aliphatic rings. The number of carbonyl (C=O) groups excluding carboxylic acids is 1. The first kappa shape index (κ1) is 13.8. The fourth-order valence-electron chi connectivity index (χ4n) is 3.23. The van der Waals surface area contributed by atoms with E-state index in [9.17, 15) is 4.79 Å². The van der Waals surface area contributed by atoms with Crippen LogP contribution in [-0.2, 0) is 6.42 Å². The summed E-state index contributed by atoms with van der Waals surface area (Å²) < 4.78 is 5.32. The Balaban J connectivity index is 1.81. The fraction of sp³-hybridized carbons (Fsp3) is 0.158. The minimum atomic E-state index is -0.111. The van der Waals surface area contributed by atoms with E-state index in [0.29, 0.717) is 12.3 Å². The molecule has 4 nitrogen and oxygen atoms in total. The third kappa shape index (κ3) is 2.42. The van der Waals surface area contributed by atoms with Crippen molar-refractivity contribution >= 4 is 5.91 Å². The normalized spacial score (nSPS) is 16.9. The molecule has 0 spiro atoms. The summed E-state index contributed by atoms with van der Waals surface area (Å²) in [6.07, 6.45) is 5.92. The first-order chi connectivity index (χ1) is 11.3. The van der Waals surface area contributed by atoms with Crippen molar-refractivity contribution in [1.29, 1.82) is 0 Å². The van der Waals surface area contributed by atoms with E-state index < -0.39 is 0 Å². The third-order valence-electron chi connectivity index (χ3n) is 4.30. The lowest BCUT2D eigenvalue weighted by atomic mass is 9.88. The van der Waals surface area contributed by atoms with Gasteiger partial charge >= 0.3 is 0 Å². The van der Waals surface area contributed by atoms with Crippen LogP contribution in [0.5, 0.6) is 0 Å². The number of hydrogen-bond acceptors (Lipinski definition) is 3. The molecule has 0 fully saturated rings. The highest BCUT2D eigenvalue weighted by Crippen LogP contribution is 2.35. The van der Waals surface area contributed by atoms with Crippen LogP contribution in [0.1, 0.15) is 33.3 Å². The molecule has 3 heterocycles. The topological polar surface area (TPSA) is 46.3 Å².